The first kappa shape index (κ1) is 16.2. The number of amides is 1. The van der Waals surface area contributed by atoms with Crippen LogP contribution in [0.25, 0.3) is 0 Å². The standard InChI is InChI=1S/C18H22FN5O/c1-2-20-18(25)17-22-21-16-7-13-9-23(10-14(13)11-24(16)17)8-12-5-3-4-6-15(12)19/h3-6,13-14H,2,7-11H2,1H3,(H,20,25). The van der Waals surface area contributed by atoms with E-state index in [1.54, 1.807) is 6.07 Å². The van der Waals surface area contributed by atoms with Crippen LogP contribution in [0, 0.1) is 17.7 Å². The third-order valence-electron chi connectivity index (χ3n) is 5.23. The Kier molecular flexibility index (Phi) is 4.25. The first-order chi connectivity index (χ1) is 12.2. The number of hydrogen-bond acceptors (Lipinski definition) is 4. The van der Waals surface area contributed by atoms with Crippen LogP contribution < -0.4 is 5.32 Å². The molecule has 6 nitrogen and oxygen atoms in total. The van der Waals surface area contributed by atoms with Crippen molar-refractivity contribution in [3.63, 3.8) is 0 Å². The molecule has 2 unspecified atom stereocenters. The van der Waals surface area contributed by atoms with Crippen molar-refractivity contribution in [2.75, 3.05) is 19.6 Å². The number of nitrogens with zero attached hydrogens (tertiary/aromatic N) is 4. The van der Waals surface area contributed by atoms with Crippen LogP contribution in [0.1, 0.15) is 28.9 Å². The van der Waals surface area contributed by atoms with Gasteiger partial charge in [-0.3, -0.25) is 9.69 Å². The number of likely N-dealkylation sites (tertiary alicyclic amines) is 1. The summed E-state index contributed by atoms with van der Waals surface area (Å²) in [6, 6.07) is 6.96. The number of fused-ring (bicyclic) bond motifs is 2. The van der Waals surface area contributed by atoms with Crippen LogP contribution in [0.5, 0.6) is 0 Å². The maximum absolute atomic E-state index is 13.9. The van der Waals surface area contributed by atoms with E-state index in [0.29, 0.717) is 30.7 Å². The number of carbonyl (C=O) groups excluding carboxylic acids is 1. The highest BCUT2D eigenvalue weighted by Gasteiger charge is 2.39. The molecule has 0 bridgehead atoms. The molecule has 4 rings (SSSR count). The van der Waals surface area contributed by atoms with E-state index in [4.69, 9.17) is 0 Å². The van der Waals surface area contributed by atoms with Gasteiger partial charge in [-0.15, -0.1) is 10.2 Å². The van der Waals surface area contributed by atoms with Crippen molar-refractivity contribution in [1.29, 1.82) is 0 Å². The first-order valence-corrected chi connectivity index (χ1v) is 8.81. The van der Waals surface area contributed by atoms with E-state index >= 15 is 0 Å². The van der Waals surface area contributed by atoms with Crippen molar-refractivity contribution in [1.82, 2.24) is 25.0 Å². The number of hydrogen-bond donors (Lipinski definition) is 1. The zero-order valence-corrected chi connectivity index (χ0v) is 14.3. The Morgan fingerprint density at radius 1 is 1.24 bits per heavy atom. The summed E-state index contributed by atoms with van der Waals surface area (Å²) in [5, 5.41) is 11.1. The van der Waals surface area contributed by atoms with Crippen molar-refractivity contribution in [2.45, 2.75) is 26.4 Å². The normalized spacial score (nSPS) is 22.5. The molecule has 3 heterocycles. The molecule has 2 aliphatic rings. The van der Waals surface area contributed by atoms with Gasteiger partial charge in [0.2, 0.25) is 5.82 Å². The fourth-order valence-corrected chi connectivity index (χ4v) is 4.03. The Balaban J connectivity index is 1.47. The molecule has 1 saturated heterocycles. The van der Waals surface area contributed by atoms with Crippen molar-refractivity contribution in [3.8, 4) is 0 Å². The predicted molar refractivity (Wildman–Crippen MR) is 90.4 cm³/mol. The van der Waals surface area contributed by atoms with Crippen LogP contribution in [0.3, 0.4) is 0 Å². The highest BCUT2D eigenvalue weighted by molar-refractivity contribution is 5.90. The van der Waals surface area contributed by atoms with Crippen LogP contribution in [-0.2, 0) is 19.5 Å². The molecular weight excluding hydrogens is 321 g/mol. The van der Waals surface area contributed by atoms with Crippen LogP contribution >= 0.6 is 0 Å². The minimum Gasteiger partial charge on any atom is -0.350 e. The van der Waals surface area contributed by atoms with Crippen LogP contribution in [0.2, 0.25) is 0 Å². The number of halogens is 1. The molecular formula is C18H22FN5O. The zero-order valence-electron chi connectivity index (χ0n) is 14.3. The van der Waals surface area contributed by atoms with E-state index in [2.05, 4.69) is 20.4 Å². The van der Waals surface area contributed by atoms with Crippen LogP contribution in [-0.4, -0.2) is 45.2 Å². The largest absolute Gasteiger partial charge is 0.350 e. The molecule has 1 fully saturated rings. The minimum atomic E-state index is -0.166. The lowest BCUT2D eigenvalue weighted by Gasteiger charge is -2.25. The maximum atomic E-state index is 13.9. The second-order valence-corrected chi connectivity index (χ2v) is 6.92. The highest BCUT2D eigenvalue weighted by Crippen LogP contribution is 2.33. The van der Waals surface area contributed by atoms with Crippen molar-refractivity contribution in [2.24, 2.45) is 11.8 Å². The predicted octanol–water partition coefficient (Wildman–Crippen LogP) is 1.47. The Labute approximate surface area is 146 Å². The lowest BCUT2D eigenvalue weighted by atomic mass is 9.89. The monoisotopic (exact) mass is 343 g/mol. The van der Waals surface area contributed by atoms with Gasteiger partial charge >= 0.3 is 0 Å². The van der Waals surface area contributed by atoms with E-state index < -0.39 is 0 Å². The number of rotatable bonds is 4. The third kappa shape index (κ3) is 3.04. The highest BCUT2D eigenvalue weighted by atomic mass is 19.1. The van der Waals surface area contributed by atoms with Gasteiger partial charge in [0.15, 0.2) is 0 Å². The minimum absolute atomic E-state index is 0.145. The number of benzene rings is 1. The molecule has 1 amide bonds. The second-order valence-electron chi connectivity index (χ2n) is 6.92. The van der Waals surface area contributed by atoms with Crippen molar-refractivity contribution < 1.29 is 9.18 Å². The summed E-state index contributed by atoms with van der Waals surface area (Å²) in [5.41, 5.74) is 0.739. The van der Waals surface area contributed by atoms with Gasteiger partial charge < -0.3 is 9.88 Å². The average Bonchev–Trinajstić information content (AvgIpc) is 3.17. The maximum Gasteiger partial charge on any atom is 0.289 e. The summed E-state index contributed by atoms with van der Waals surface area (Å²) in [6.07, 6.45) is 0.824. The number of aromatic nitrogens is 3. The molecule has 2 aromatic rings. The quantitative estimate of drug-likeness (QED) is 0.913. The van der Waals surface area contributed by atoms with Crippen molar-refractivity contribution in [3.05, 3.63) is 47.3 Å². The molecule has 0 spiro atoms. The fraction of sp³-hybridized carbons (Fsp3) is 0.500. The fourth-order valence-electron chi connectivity index (χ4n) is 4.03. The van der Waals surface area contributed by atoms with Gasteiger partial charge in [0, 0.05) is 44.7 Å². The topological polar surface area (TPSA) is 63.1 Å². The zero-order chi connectivity index (χ0) is 17.4. The molecule has 1 aromatic heterocycles. The summed E-state index contributed by atoms with van der Waals surface area (Å²) in [5.74, 6) is 1.92. The summed E-state index contributed by atoms with van der Waals surface area (Å²) in [4.78, 5) is 14.4. The van der Waals surface area contributed by atoms with Gasteiger partial charge in [-0.1, -0.05) is 18.2 Å². The van der Waals surface area contributed by atoms with Crippen LogP contribution in [0.4, 0.5) is 4.39 Å². The smallest absolute Gasteiger partial charge is 0.289 e. The molecule has 25 heavy (non-hydrogen) atoms. The van der Waals surface area contributed by atoms with Gasteiger partial charge in [-0.2, -0.15) is 0 Å². The summed E-state index contributed by atoms with van der Waals surface area (Å²) in [6.45, 7) is 5.69. The van der Waals surface area contributed by atoms with E-state index in [1.165, 1.54) is 6.07 Å². The summed E-state index contributed by atoms with van der Waals surface area (Å²) >= 11 is 0. The first-order valence-electron chi connectivity index (χ1n) is 8.81. The molecule has 2 aliphatic heterocycles. The Hall–Kier alpha value is -2.28. The molecule has 7 heteroatoms. The molecule has 0 aliphatic carbocycles. The van der Waals surface area contributed by atoms with Crippen molar-refractivity contribution >= 4 is 5.91 Å². The van der Waals surface area contributed by atoms with Gasteiger partial charge in [0.05, 0.1) is 0 Å². The van der Waals surface area contributed by atoms with E-state index in [0.717, 1.165) is 37.4 Å². The third-order valence-corrected chi connectivity index (χ3v) is 5.23. The Bertz CT molecular complexity index is 790. The SMILES string of the molecule is CCNC(=O)c1nnc2n1CC1CN(Cc3ccccc3F)CC1C2. The Morgan fingerprint density at radius 2 is 2.04 bits per heavy atom. The number of nitrogens with one attached hydrogen (secondary N) is 1. The van der Waals surface area contributed by atoms with Gasteiger partial charge in [-0.25, -0.2) is 4.39 Å². The lowest BCUT2D eigenvalue weighted by Crippen LogP contribution is -2.33. The number of carbonyl (C=O) groups is 1. The summed E-state index contributed by atoms with van der Waals surface area (Å²) in [7, 11) is 0. The van der Waals surface area contributed by atoms with E-state index in [9.17, 15) is 9.18 Å². The van der Waals surface area contributed by atoms with E-state index in [1.807, 2.05) is 23.6 Å². The molecule has 0 radical (unpaired) electrons. The molecule has 1 aromatic carbocycles. The average molecular weight is 343 g/mol. The Morgan fingerprint density at radius 3 is 2.84 bits per heavy atom. The molecule has 1 N–H and O–H groups in total. The van der Waals surface area contributed by atoms with Gasteiger partial charge in [0.1, 0.15) is 11.6 Å². The summed E-state index contributed by atoms with van der Waals surface area (Å²) < 4.78 is 15.9. The lowest BCUT2D eigenvalue weighted by molar-refractivity contribution is 0.0937. The second kappa shape index (κ2) is 6.55. The molecule has 2 atom stereocenters. The molecule has 132 valence electrons. The van der Waals surface area contributed by atoms with Gasteiger partial charge in [-0.05, 0) is 24.8 Å². The van der Waals surface area contributed by atoms with Crippen LogP contribution in [0.15, 0.2) is 24.3 Å². The van der Waals surface area contributed by atoms with Gasteiger partial charge in [0.25, 0.3) is 5.91 Å². The molecule has 0 saturated carbocycles. The van der Waals surface area contributed by atoms with E-state index in [-0.39, 0.29) is 11.7 Å².